The second-order valence-electron chi connectivity index (χ2n) is 3.30. The van der Waals surface area contributed by atoms with Gasteiger partial charge < -0.3 is 10.4 Å². The summed E-state index contributed by atoms with van der Waals surface area (Å²) < 4.78 is 0. The molecule has 0 atom stereocenters. The summed E-state index contributed by atoms with van der Waals surface area (Å²) in [7, 11) is 0. The number of rotatable bonds is 4. The SMILES string of the molecule is O=C(NC(=S)NCCCO)c1cccc(Cl)c1. The number of aliphatic hydroxyl groups is 1. The van der Waals surface area contributed by atoms with Crippen molar-refractivity contribution in [3.05, 3.63) is 34.9 Å². The average Bonchev–Trinajstić information content (AvgIpc) is 2.29. The van der Waals surface area contributed by atoms with Gasteiger partial charge in [0.05, 0.1) is 0 Å². The molecule has 0 aliphatic heterocycles. The Labute approximate surface area is 110 Å². The molecule has 0 spiro atoms. The van der Waals surface area contributed by atoms with Crippen LogP contribution >= 0.6 is 23.8 Å². The van der Waals surface area contributed by atoms with Crippen molar-refractivity contribution in [3.63, 3.8) is 0 Å². The van der Waals surface area contributed by atoms with Gasteiger partial charge in [0, 0.05) is 23.7 Å². The van der Waals surface area contributed by atoms with Gasteiger partial charge in [-0.2, -0.15) is 0 Å². The Morgan fingerprint density at radius 3 is 2.88 bits per heavy atom. The molecule has 0 saturated carbocycles. The number of aliphatic hydroxyl groups excluding tert-OH is 1. The number of nitrogens with one attached hydrogen (secondary N) is 2. The highest BCUT2D eigenvalue weighted by atomic mass is 35.5. The minimum atomic E-state index is -0.311. The van der Waals surface area contributed by atoms with Gasteiger partial charge >= 0.3 is 0 Å². The molecule has 0 aliphatic rings. The molecule has 0 heterocycles. The van der Waals surface area contributed by atoms with Crippen molar-refractivity contribution in [3.8, 4) is 0 Å². The van der Waals surface area contributed by atoms with Crippen molar-refractivity contribution in [1.82, 2.24) is 10.6 Å². The number of carbonyl (C=O) groups is 1. The number of hydrogen-bond donors (Lipinski definition) is 3. The van der Waals surface area contributed by atoms with Gasteiger partial charge in [-0.15, -0.1) is 0 Å². The predicted octanol–water partition coefficient (Wildman–Crippen LogP) is 1.33. The highest BCUT2D eigenvalue weighted by Gasteiger charge is 2.07. The Balaban J connectivity index is 2.46. The van der Waals surface area contributed by atoms with E-state index in [9.17, 15) is 4.79 Å². The van der Waals surface area contributed by atoms with Gasteiger partial charge in [0.25, 0.3) is 5.91 Å². The molecule has 92 valence electrons. The number of carbonyl (C=O) groups excluding carboxylic acids is 1. The molecule has 0 fully saturated rings. The molecule has 1 amide bonds. The van der Waals surface area contributed by atoms with Crippen molar-refractivity contribution in [2.45, 2.75) is 6.42 Å². The average molecular weight is 273 g/mol. The van der Waals surface area contributed by atoms with Gasteiger partial charge in [0.15, 0.2) is 5.11 Å². The van der Waals surface area contributed by atoms with Crippen LogP contribution in [-0.4, -0.2) is 29.3 Å². The Hall–Kier alpha value is -1.17. The highest BCUT2D eigenvalue weighted by molar-refractivity contribution is 7.80. The molecule has 17 heavy (non-hydrogen) atoms. The van der Waals surface area contributed by atoms with E-state index in [0.717, 1.165) is 0 Å². The number of thiocarbonyl (C=S) groups is 1. The third kappa shape index (κ3) is 5.12. The maximum atomic E-state index is 11.7. The van der Waals surface area contributed by atoms with Gasteiger partial charge in [-0.25, -0.2) is 0 Å². The van der Waals surface area contributed by atoms with Gasteiger partial charge in [-0.05, 0) is 36.8 Å². The first-order valence-corrected chi connectivity index (χ1v) is 5.87. The molecule has 0 saturated heterocycles. The summed E-state index contributed by atoms with van der Waals surface area (Å²) in [5.41, 5.74) is 0.448. The minimum absolute atomic E-state index is 0.0812. The van der Waals surface area contributed by atoms with Crippen LogP contribution in [0.3, 0.4) is 0 Å². The molecule has 0 bridgehead atoms. The molecule has 4 nitrogen and oxygen atoms in total. The van der Waals surface area contributed by atoms with Crippen LogP contribution in [0.1, 0.15) is 16.8 Å². The van der Waals surface area contributed by atoms with Crippen LogP contribution in [0, 0.1) is 0 Å². The second kappa shape index (κ2) is 7.21. The maximum Gasteiger partial charge on any atom is 0.257 e. The Kier molecular flexibility index (Phi) is 5.90. The molecule has 0 unspecified atom stereocenters. The molecule has 1 aromatic rings. The number of hydrogen-bond acceptors (Lipinski definition) is 3. The van der Waals surface area contributed by atoms with Crippen molar-refractivity contribution in [2.24, 2.45) is 0 Å². The molecule has 1 aromatic carbocycles. The predicted molar refractivity (Wildman–Crippen MR) is 71.2 cm³/mol. The molecule has 0 radical (unpaired) electrons. The zero-order valence-electron chi connectivity index (χ0n) is 9.07. The fourth-order valence-corrected chi connectivity index (χ4v) is 1.52. The summed E-state index contributed by atoms with van der Waals surface area (Å²) in [6.07, 6.45) is 0.577. The Bertz CT molecular complexity index is 412. The number of amides is 1. The molecule has 0 aliphatic carbocycles. The third-order valence-corrected chi connectivity index (χ3v) is 2.42. The van der Waals surface area contributed by atoms with Crippen LogP contribution in [0.5, 0.6) is 0 Å². The van der Waals surface area contributed by atoms with E-state index >= 15 is 0 Å². The van der Waals surface area contributed by atoms with Crippen LogP contribution in [-0.2, 0) is 0 Å². The lowest BCUT2D eigenvalue weighted by Gasteiger charge is -2.08. The molecular formula is C11H13ClN2O2S. The van der Waals surface area contributed by atoms with Crippen molar-refractivity contribution in [1.29, 1.82) is 0 Å². The van der Waals surface area contributed by atoms with E-state index in [2.05, 4.69) is 10.6 Å². The van der Waals surface area contributed by atoms with Gasteiger partial charge in [0.1, 0.15) is 0 Å². The van der Waals surface area contributed by atoms with Crippen LogP contribution in [0.2, 0.25) is 5.02 Å². The molecular weight excluding hydrogens is 260 g/mol. The van der Waals surface area contributed by atoms with Crippen LogP contribution in [0.4, 0.5) is 0 Å². The first kappa shape index (κ1) is 13.9. The number of benzene rings is 1. The van der Waals surface area contributed by atoms with Gasteiger partial charge in [0.2, 0.25) is 0 Å². The monoisotopic (exact) mass is 272 g/mol. The summed E-state index contributed by atoms with van der Waals surface area (Å²) in [5, 5.41) is 14.6. The first-order chi connectivity index (χ1) is 8.13. The van der Waals surface area contributed by atoms with Crippen LogP contribution < -0.4 is 10.6 Å². The van der Waals surface area contributed by atoms with Crippen LogP contribution in [0.15, 0.2) is 24.3 Å². The highest BCUT2D eigenvalue weighted by Crippen LogP contribution is 2.10. The summed E-state index contributed by atoms with van der Waals surface area (Å²) in [6.45, 7) is 0.600. The van der Waals surface area contributed by atoms with E-state index < -0.39 is 0 Å². The largest absolute Gasteiger partial charge is 0.396 e. The van der Waals surface area contributed by atoms with E-state index in [1.54, 1.807) is 24.3 Å². The summed E-state index contributed by atoms with van der Waals surface area (Å²) in [6, 6.07) is 6.60. The van der Waals surface area contributed by atoms with Crippen molar-refractivity contribution in [2.75, 3.05) is 13.2 Å². The lowest BCUT2D eigenvalue weighted by molar-refractivity contribution is 0.0976. The fraction of sp³-hybridized carbons (Fsp3) is 0.273. The molecule has 0 aromatic heterocycles. The lowest BCUT2D eigenvalue weighted by atomic mass is 10.2. The molecule has 6 heteroatoms. The fourth-order valence-electron chi connectivity index (χ4n) is 1.13. The standard InChI is InChI=1S/C11H13ClN2O2S/c12-9-4-1-3-8(7-9)10(16)14-11(17)13-5-2-6-15/h1,3-4,7,15H,2,5-6H2,(H2,13,14,16,17). The zero-order valence-corrected chi connectivity index (χ0v) is 10.6. The van der Waals surface area contributed by atoms with E-state index in [-0.39, 0.29) is 17.6 Å². The molecule has 1 rings (SSSR count). The van der Waals surface area contributed by atoms with E-state index in [1.807, 2.05) is 0 Å². The maximum absolute atomic E-state index is 11.7. The third-order valence-electron chi connectivity index (χ3n) is 1.93. The normalized spacial score (nSPS) is 9.76. The molecule has 3 N–H and O–H groups in total. The Morgan fingerprint density at radius 1 is 1.47 bits per heavy atom. The lowest BCUT2D eigenvalue weighted by Crippen LogP contribution is -2.39. The minimum Gasteiger partial charge on any atom is -0.396 e. The van der Waals surface area contributed by atoms with Gasteiger partial charge in [-0.3, -0.25) is 10.1 Å². The van der Waals surface area contributed by atoms with Crippen LogP contribution in [0.25, 0.3) is 0 Å². The zero-order chi connectivity index (χ0) is 12.7. The summed E-state index contributed by atoms with van der Waals surface area (Å²) in [4.78, 5) is 11.7. The van der Waals surface area contributed by atoms with Crippen molar-refractivity contribution < 1.29 is 9.90 Å². The van der Waals surface area contributed by atoms with Crippen molar-refractivity contribution >= 4 is 34.8 Å². The van der Waals surface area contributed by atoms with E-state index in [1.165, 1.54) is 0 Å². The Morgan fingerprint density at radius 2 is 2.24 bits per heavy atom. The first-order valence-electron chi connectivity index (χ1n) is 5.09. The van der Waals surface area contributed by atoms with E-state index in [0.29, 0.717) is 23.6 Å². The van der Waals surface area contributed by atoms with Gasteiger partial charge in [-0.1, -0.05) is 17.7 Å². The second-order valence-corrected chi connectivity index (χ2v) is 4.14. The quantitative estimate of drug-likeness (QED) is 0.572. The smallest absolute Gasteiger partial charge is 0.257 e. The summed E-state index contributed by atoms with van der Waals surface area (Å²) >= 11 is 10.7. The topological polar surface area (TPSA) is 61.4 Å². The number of halogens is 1. The summed E-state index contributed by atoms with van der Waals surface area (Å²) in [5.74, 6) is -0.311. The van der Waals surface area contributed by atoms with E-state index in [4.69, 9.17) is 28.9 Å².